The van der Waals surface area contributed by atoms with Crippen molar-refractivity contribution in [2.45, 2.75) is 53.1 Å². The van der Waals surface area contributed by atoms with Crippen LogP contribution in [-0.4, -0.2) is 9.78 Å². The summed E-state index contributed by atoms with van der Waals surface area (Å²) < 4.78 is 2.07. The van der Waals surface area contributed by atoms with Gasteiger partial charge >= 0.3 is 0 Å². The van der Waals surface area contributed by atoms with Gasteiger partial charge in [0.05, 0.1) is 5.69 Å². The minimum absolute atomic E-state index is 0.0293. The minimum atomic E-state index is 0.0293. The third-order valence-corrected chi connectivity index (χ3v) is 4.05. The van der Waals surface area contributed by atoms with Gasteiger partial charge in [-0.15, -0.1) is 0 Å². The average Bonchev–Trinajstić information content (AvgIpc) is 2.84. The number of hydrogen-bond donors (Lipinski definition) is 1. The highest BCUT2D eigenvalue weighted by Gasteiger charge is 2.14. The SMILES string of the molecule is CCc1cc(CC(N)c2cccc(C)c2C)n(CC)n1. The zero-order chi connectivity index (χ0) is 14.7. The van der Waals surface area contributed by atoms with Gasteiger partial charge in [0.15, 0.2) is 0 Å². The average molecular weight is 271 g/mol. The molecular weight excluding hydrogens is 246 g/mol. The van der Waals surface area contributed by atoms with Crippen LogP contribution < -0.4 is 5.73 Å². The molecule has 3 heteroatoms. The number of nitrogens with two attached hydrogens (primary N) is 1. The molecule has 0 aliphatic rings. The van der Waals surface area contributed by atoms with Crippen molar-refractivity contribution in [2.75, 3.05) is 0 Å². The van der Waals surface area contributed by atoms with Gasteiger partial charge in [0.1, 0.15) is 0 Å². The maximum atomic E-state index is 6.43. The van der Waals surface area contributed by atoms with E-state index in [2.05, 4.69) is 61.7 Å². The third-order valence-electron chi connectivity index (χ3n) is 4.05. The molecule has 2 N–H and O–H groups in total. The lowest BCUT2D eigenvalue weighted by Gasteiger charge is -2.16. The lowest BCUT2D eigenvalue weighted by molar-refractivity contribution is 0.584. The minimum Gasteiger partial charge on any atom is -0.324 e. The predicted molar refractivity (Wildman–Crippen MR) is 83.8 cm³/mol. The van der Waals surface area contributed by atoms with E-state index < -0.39 is 0 Å². The number of aryl methyl sites for hydroxylation is 3. The molecule has 2 rings (SSSR count). The Kier molecular flexibility index (Phi) is 4.61. The number of nitrogens with zero attached hydrogens (tertiary/aromatic N) is 2. The summed E-state index contributed by atoms with van der Waals surface area (Å²) in [6, 6.07) is 8.58. The van der Waals surface area contributed by atoms with Gasteiger partial charge in [0.25, 0.3) is 0 Å². The number of benzene rings is 1. The zero-order valence-corrected chi connectivity index (χ0v) is 13.0. The Hall–Kier alpha value is -1.61. The molecule has 1 unspecified atom stereocenters. The maximum Gasteiger partial charge on any atom is 0.0624 e. The van der Waals surface area contributed by atoms with E-state index in [-0.39, 0.29) is 6.04 Å². The summed E-state index contributed by atoms with van der Waals surface area (Å²) in [5, 5.41) is 4.59. The number of hydrogen-bond acceptors (Lipinski definition) is 2. The first-order chi connectivity index (χ1) is 9.56. The van der Waals surface area contributed by atoms with E-state index in [9.17, 15) is 0 Å². The van der Waals surface area contributed by atoms with Crippen molar-refractivity contribution in [1.29, 1.82) is 0 Å². The lowest BCUT2D eigenvalue weighted by atomic mass is 9.95. The molecule has 1 atom stereocenters. The monoisotopic (exact) mass is 271 g/mol. The van der Waals surface area contributed by atoms with E-state index in [4.69, 9.17) is 5.73 Å². The Labute approximate surface area is 121 Å². The molecule has 1 aromatic heterocycles. The standard InChI is InChI=1S/C17H25N3/c1-5-14-10-15(20(6-2)19-14)11-17(18)16-9-7-8-12(3)13(16)4/h7-10,17H,5-6,11,18H2,1-4H3. The van der Waals surface area contributed by atoms with Gasteiger partial charge in [-0.2, -0.15) is 5.10 Å². The second-order valence-electron chi connectivity index (χ2n) is 5.40. The first-order valence-electron chi connectivity index (χ1n) is 7.44. The topological polar surface area (TPSA) is 43.8 Å². The van der Waals surface area contributed by atoms with E-state index in [1.807, 2.05) is 0 Å². The van der Waals surface area contributed by atoms with Crippen molar-refractivity contribution in [3.05, 3.63) is 52.3 Å². The quantitative estimate of drug-likeness (QED) is 0.906. The van der Waals surface area contributed by atoms with Crippen molar-refractivity contribution in [2.24, 2.45) is 5.73 Å². The lowest BCUT2D eigenvalue weighted by Crippen LogP contribution is -2.17. The van der Waals surface area contributed by atoms with Crippen LogP contribution in [0, 0.1) is 13.8 Å². The summed E-state index contributed by atoms with van der Waals surface area (Å²) in [6.07, 6.45) is 1.81. The van der Waals surface area contributed by atoms with E-state index in [1.165, 1.54) is 22.4 Å². The van der Waals surface area contributed by atoms with Crippen LogP contribution in [0.1, 0.15) is 48.0 Å². The molecule has 0 aliphatic carbocycles. The Bertz CT molecular complexity index is 584. The number of aromatic nitrogens is 2. The predicted octanol–water partition coefficient (Wildman–Crippen LogP) is 3.32. The van der Waals surface area contributed by atoms with E-state index in [0.29, 0.717) is 0 Å². The van der Waals surface area contributed by atoms with E-state index in [1.54, 1.807) is 0 Å². The van der Waals surface area contributed by atoms with E-state index in [0.717, 1.165) is 25.1 Å². The molecule has 3 nitrogen and oxygen atoms in total. The molecule has 2 aromatic rings. The third kappa shape index (κ3) is 2.93. The molecular formula is C17H25N3. The van der Waals surface area contributed by atoms with Crippen LogP contribution in [0.3, 0.4) is 0 Å². The summed E-state index contributed by atoms with van der Waals surface area (Å²) >= 11 is 0. The summed E-state index contributed by atoms with van der Waals surface area (Å²) in [5.74, 6) is 0. The van der Waals surface area contributed by atoms with Gasteiger partial charge < -0.3 is 5.73 Å². The molecule has 0 radical (unpaired) electrons. The van der Waals surface area contributed by atoms with Crippen LogP contribution in [0.4, 0.5) is 0 Å². The van der Waals surface area contributed by atoms with Gasteiger partial charge in [-0.1, -0.05) is 25.1 Å². The molecule has 0 aliphatic heterocycles. The van der Waals surface area contributed by atoms with Crippen LogP contribution in [0.15, 0.2) is 24.3 Å². The molecule has 1 heterocycles. The molecule has 0 saturated carbocycles. The second kappa shape index (κ2) is 6.23. The fourth-order valence-corrected chi connectivity index (χ4v) is 2.64. The summed E-state index contributed by atoms with van der Waals surface area (Å²) in [7, 11) is 0. The summed E-state index contributed by atoms with van der Waals surface area (Å²) in [6.45, 7) is 9.45. The Balaban J connectivity index is 2.25. The summed E-state index contributed by atoms with van der Waals surface area (Å²) in [5.41, 5.74) is 12.7. The molecule has 0 fully saturated rings. The van der Waals surface area contributed by atoms with Crippen molar-refractivity contribution in [1.82, 2.24) is 9.78 Å². The zero-order valence-electron chi connectivity index (χ0n) is 13.0. The molecule has 0 spiro atoms. The van der Waals surface area contributed by atoms with Crippen LogP contribution in [-0.2, 0) is 19.4 Å². The van der Waals surface area contributed by atoms with E-state index >= 15 is 0 Å². The largest absolute Gasteiger partial charge is 0.324 e. The van der Waals surface area contributed by atoms with Gasteiger partial charge in [-0.3, -0.25) is 4.68 Å². The fraction of sp³-hybridized carbons (Fsp3) is 0.471. The van der Waals surface area contributed by atoms with Gasteiger partial charge in [-0.25, -0.2) is 0 Å². The molecule has 0 bridgehead atoms. The van der Waals surface area contributed by atoms with Crippen LogP contribution in [0.2, 0.25) is 0 Å². The Morgan fingerprint density at radius 1 is 1.25 bits per heavy atom. The highest BCUT2D eigenvalue weighted by Crippen LogP contribution is 2.22. The van der Waals surface area contributed by atoms with Gasteiger partial charge in [0.2, 0.25) is 0 Å². The first kappa shape index (κ1) is 14.8. The Morgan fingerprint density at radius 2 is 2.00 bits per heavy atom. The van der Waals surface area contributed by atoms with Crippen molar-refractivity contribution in [3.8, 4) is 0 Å². The molecule has 108 valence electrons. The maximum absolute atomic E-state index is 6.43. The van der Waals surface area contributed by atoms with Crippen LogP contribution in [0.5, 0.6) is 0 Å². The molecule has 20 heavy (non-hydrogen) atoms. The molecule has 0 amide bonds. The van der Waals surface area contributed by atoms with Gasteiger partial charge in [-0.05, 0) is 49.9 Å². The highest BCUT2D eigenvalue weighted by molar-refractivity contribution is 5.35. The van der Waals surface area contributed by atoms with Crippen molar-refractivity contribution in [3.63, 3.8) is 0 Å². The van der Waals surface area contributed by atoms with Gasteiger partial charge in [0, 0.05) is 24.7 Å². The fourth-order valence-electron chi connectivity index (χ4n) is 2.64. The highest BCUT2D eigenvalue weighted by atomic mass is 15.3. The van der Waals surface area contributed by atoms with Crippen LogP contribution >= 0.6 is 0 Å². The van der Waals surface area contributed by atoms with Crippen LogP contribution in [0.25, 0.3) is 0 Å². The summed E-state index contributed by atoms with van der Waals surface area (Å²) in [4.78, 5) is 0. The van der Waals surface area contributed by atoms with Crippen molar-refractivity contribution >= 4 is 0 Å². The molecule has 0 saturated heterocycles. The van der Waals surface area contributed by atoms with Crippen molar-refractivity contribution < 1.29 is 0 Å². The Morgan fingerprint density at radius 3 is 2.65 bits per heavy atom. The second-order valence-corrected chi connectivity index (χ2v) is 5.40. The smallest absolute Gasteiger partial charge is 0.0624 e. The molecule has 1 aromatic carbocycles. The normalized spacial score (nSPS) is 12.7. The number of rotatable bonds is 5. The first-order valence-corrected chi connectivity index (χ1v) is 7.44.